The van der Waals surface area contributed by atoms with E-state index >= 15 is 0 Å². The van der Waals surface area contributed by atoms with Crippen molar-refractivity contribution >= 4 is 5.91 Å². The number of halogens is 2. The Morgan fingerprint density at radius 1 is 1.07 bits per heavy atom. The minimum Gasteiger partial charge on any atom is -0.484 e. The summed E-state index contributed by atoms with van der Waals surface area (Å²) in [6, 6.07) is 12.6. The van der Waals surface area contributed by atoms with Gasteiger partial charge in [-0.2, -0.15) is 0 Å². The third-order valence-electron chi connectivity index (χ3n) is 4.90. The molecule has 5 nitrogen and oxygen atoms in total. The Bertz CT molecular complexity index is 768. The highest BCUT2D eigenvalue weighted by atomic mass is 19.1. The number of hydrazine groups is 1. The molecule has 0 radical (unpaired) electrons. The van der Waals surface area contributed by atoms with E-state index in [0.717, 1.165) is 24.8 Å². The number of nitrogens with one attached hydrogen (secondary N) is 2. The number of carbonyl (C=O) groups excluding carboxylic acids is 1. The normalized spacial score (nSPS) is 18.8. The number of nitrogens with zero attached hydrogens (tertiary/aromatic N) is 1. The highest BCUT2D eigenvalue weighted by Crippen LogP contribution is 2.24. The summed E-state index contributed by atoms with van der Waals surface area (Å²) in [6.45, 7) is 0.559. The second-order valence-electron chi connectivity index (χ2n) is 7.03. The second kappa shape index (κ2) is 9.61. The molecule has 3 rings (SSSR count). The van der Waals surface area contributed by atoms with Gasteiger partial charge >= 0.3 is 0 Å². The van der Waals surface area contributed by atoms with Crippen LogP contribution in [0.1, 0.15) is 30.9 Å². The average molecular weight is 389 g/mol. The van der Waals surface area contributed by atoms with Crippen molar-refractivity contribution in [2.45, 2.75) is 31.3 Å². The predicted molar refractivity (Wildman–Crippen MR) is 103 cm³/mol. The van der Waals surface area contributed by atoms with Crippen LogP contribution in [0.15, 0.2) is 48.5 Å². The smallest absolute Gasteiger partial charge is 0.260 e. The predicted octanol–water partition coefficient (Wildman–Crippen LogP) is 3.19. The minimum absolute atomic E-state index is 0.0714. The maximum Gasteiger partial charge on any atom is 0.260 e. The van der Waals surface area contributed by atoms with Crippen LogP contribution in [0.2, 0.25) is 0 Å². The van der Waals surface area contributed by atoms with E-state index in [-0.39, 0.29) is 30.2 Å². The molecule has 1 amide bonds. The largest absolute Gasteiger partial charge is 0.484 e. The summed E-state index contributed by atoms with van der Waals surface area (Å²) in [6.07, 6.45) is 2.69. The first-order valence-corrected chi connectivity index (χ1v) is 9.40. The van der Waals surface area contributed by atoms with Crippen molar-refractivity contribution in [1.29, 1.82) is 0 Å². The lowest BCUT2D eigenvalue weighted by Gasteiger charge is -2.18. The first kappa shape index (κ1) is 20.2. The van der Waals surface area contributed by atoms with E-state index in [1.54, 1.807) is 24.1 Å². The average Bonchev–Trinajstić information content (AvgIpc) is 3.16. The fourth-order valence-electron chi connectivity index (χ4n) is 3.21. The number of rotatable bonds is 8. The quantitative estimate of drug-likeness (QED) is 0.728. The maximum absolute atomic E-state index is 13.0. The molecule has 2 unspecified atom stereocenters. The number of ether oxygens (including phenoxy) is 1. The number of hydrogen-bond acceptors (Lipinski definition) is 4. The maximum atomic E-state index is 13.0. The van der Waals surface area contributed by atoms with Crippen molar-refractivity contribution in [3.05, 3.63) is 65.7 Å². The van der Waals surface area contributed by atoms with Crippen LogP contribution in [0, 0.1) is 11.6 Å². The van der Waals surface area contributed by atoms with Gasteiger partial charge in [-0.1, -0.05) is 12.1 Å². The third-order valence-corrected chi connectivity index (χ3v) is 4.90. The molecule has 0 spiro atoms. The van der Waals surface area contributed by atoms with Gasteiger partial charge in [-0.15, -0.1) is 0 Å². The van der Waals surface area contributed by atoms with Gasteiger partial charge in [0.05, 0.1) is 0 Å². The lowest BCUT2D eigenvalue weighted by molar-refractivity contribution is -0.132. The molecule has 1 saturated heterocycles. The zero-order chi connectivity index (χ0) is 19.9. The second-order valence-corrected chi connectivity index (χ2v) is 7.03. The Morgan fingerprint density at radius 3 is 2.39 bits per heavy atom. The number of benzene rings is 2. The zero-order valence-electron chi connectivity index (χ0n) is 15.8. The molecular formula is C21H25F2N3O2. The molecule has 7 heteroatoms. The van der Waals surface area contributed by atoms with E-state index in [0.29, 0.717) is 18.3 Å². The van der Waals surface area contributed by atoms with E-state index in [9.17, 15) is 13.6 Å². The first-order valence-electron chi connectivity index (χ1n) is 9.40. The zero-order valence-corrected chi connectivity index (χ0v) is 15.8. The summed E-state index contributed by atoms with van der Waals surface area (Å²) in [4.78, 5) is 13.8. The standard InChI is InChI=1S/C21H25F2N3O2/c1-26(21(27)14-28-19-10-8-17(23)9-11-19)12-2-3-18-13-20(25-24-18)15-4-6-16(22)7-5-15/h4-11,18,20,24-25H,2-3,12-14H2,1H3. The molecule has 2 atom stereocenters. The van der Waals surface area contributed by atoms with E-state index in [1.165, 1.54) is 36.4 Å². The Balaban J connectivity index is 1.34. The Labute approximate surface area is 163 Å². The van der Waals surface area contributed by atoms with Crippen LogP contribution in [0.3, 0.4) is 0 Å². The fourth-order valence-corrected chi connectivity index (χ4v) is 3.21. The van der Waals surface area contributed by atoms with Crippen LogP contribution >= 0.6 is 0 Å². The monoisotopic (exact) mass is 389 g/mol. The van der Waals surface area contributed by atoms with Gasteiger partial charge in [0, 0.05) is 25.7 Å². The number of amides is 1. The summed E-state index contributed by atoms with van der Waals surface area (Å²) in [7, 11) is 1.75. The molecule has 0 aromatic heterocycles. The SMILES string of the molecule is CN(CCCC1CC(c2ccc(F)cc2)NN1)C(=O)COc1ccc(F)cc1. The highest BCUT2D eigenvalue weighted by Gasteiger charge is 2.24. The third kappa shape index (κ3) is 5.74. The van der Waals surface area contributed by atoms with Crippen molar-refractivity contribution < 1.29 is 18.3 Å². The number of likely N-dealkylation sites (N-methyl/N-ethyl adjacent to an activating group) is 1. The van der Waals surface area contributed by atoms with Gasteiger partial charge in [-0.3, -0.25) is 15.6 Å². The van der Waals surface area contributed by atoms with Crippen LogP contribution in [0.25, 0.3) is 0 Å². The molecule has 1 aliphatic heterocycles. The lowest BCUT2D eigenvalue weighted by atomic mass is 9.99. The topological polar surface area (TPSA) is 53.6 Å². The first-order chi connectivity index (χ1) is 13.5. The van der Waals surface area contributed by atoms with Crippen LogP contribution in [-0.2, 0) is 4.79 Å². The molecule has 2 aromatic carbocycles. The van der Waals surface area contributed by atoms with Crippen LogP contribution in [-0.4, -0.2) is 37.0 Å². The summed E-state index contributed by atoms with van der Waals surface area (Å²) in [5, 5.41) is 0. The van der Waals surface area contributed by atoms with E-state index in [4.69, 9.17) is 4.74 Å². The van der Waals surface area contributed by atoms with Crippen molar-refractivity contribution in [2.24, 2.45) is 0 Å². The Hall–Kier alpha value is -2.51. The number of carbonyl (C=O) groups is 1. The van der Waals surface area contributed by atoms with Crippen molar-refractivity contribution in [2.75, 3.05) is 20.2 Å². The molecule has 1 fully saturated rings. The van der Waals surface area contributed by atoms with Gasteiger partial charge in [-0.05, 0) is 61.2 Å². The molecular weight excluding hydrogens is 364 g/mol. The van der Waals surface area contributed by atoms with Gasteiger partial charge in [0.2, 0.25) is 0 Å². The molecule has 1 aliphatic rings. The van der Waals surface area contributed by atoms with Gasteiger partial charge in [0.1, 0.15) is 17.4 Å². The van der Waals surface area contributed by atoms with Gasteiger partial charge in [-0.25, -0.2) is 8.78 Å². The van der Waals surface area contributed by atoms with E-state index < -0.39 is 0 Å². The van der Waals surface area contributed by atoms with Crippen molar-refractivity contribution in [3.8, 4) is 5.75 Å². The molecule has 1 heterocycles. The molecule has 28 heavy (non-hydrogen) atoms. The summed E-state index contributed by atoms with van der Waals surface area (Å²) in [5.74, 6) is -0.225. The Kier molecular flexibility index (Phi) is 6.95. The molecule has 150 valence electrons. The molecule has 2 aromatic rings. The van der Waals surface area contributed by atoms with Crippen molar-refractivity contribution in [3.63, 3.8) is 0 Å². The van der Waals surface area contributed by atoms with Crippen LogP contribution in [0.4, 0.5) is 8.78 Å². The highest BCUT2D eigenvalue weighted by molar-refractivity contribution is 5.77. The molecule has 0 saturated carbocycles. The van der Waals surface area contributed by atoms with Gasteiger partial charge in [0.15, 0.2) is 6.61 Å². The number of hydrogen-bond donors (Lipinski definition) is 2. The summed E-state index contributed by atoms with van der Waals surface area (Å²) < 4.78 is 31.3. The Morgan fingerprint density at radius 2 is 1.71 bits per heavy atom. The van der Waals surface area contributed by atoms with E-state index in [1.807, 2.05) is 0 Å². The van der Waals surface area contributed by atoms with Gasteiger partial charge in [0.25, 0.3) is 5.91 Å². The summed E-state index contributed by atoms with van der Waals surface area (Å²) >= 11 is 0. The fraction of sp³-hybridized carbons (Fsp3) is 0.381. The molecule has 2 N–H and O–H groups in total. The molecule has 0 aliphatic carbocycles. The minimum atomic E-state index is -0.340. The summed E-state index contributed by atoms with van der Waals surface area (Å²) in [5.41, 5.74) is 7.57. The molecule has 0 bridgehead atoms. The van der Waals surface area contributed by atoms with Crippen LogP contribution < -0.4 is 15.6 Å². The van der Waals surface area contributed by atoms with Crippen molar-refractivity contribution in [1.82, 2.24) is 15.8 Å². The van der Waals surface area contributed by atoms with Crippen LogP contribution in [0.5, 0.6) is 5.75 Å². The van der Waals surface area contributed by atoms with Gasteiger partial charge < -0.3 is 9.64 Å². The lowest BCUT2D eigenvalue weighted by Crippen LogP contribution is -2.34. The van der Waals surface area contributed by atoms with E-state index in [2.05, 4.69) is 10.9 Å².